The number of pyridine rings is 1. The van der Waals surface area contributed by atoms with Gasteiger partial charge in [-0.3, -0.25) is 9.78 Å². The van der Waals surface area contributed by atoms with Crippen LogP contribution in [0.5, 0.6) is 0 Å². The molecule has 5 rings (SSSR count). The lowest BCUT2D eigenvalue weighted by Crippen LogP contribution is -2.43. The highest BCUT2D eigenvalue weighted by Gasteiger charge is 2.26. The van der Waals surface area contributed by atoms with Crippen LogP contribution >= 0.6 is 0 Å². The minimum absolute atomic E-state index is 0.102. The minimum atomic E-state index is -0.362. The molecule has 34 heavy (non-hydrogen) atoms. The number of H-pyrrole nitrogens is 2. The van der Waals surface area contributed by atoms with Crippen LogP contribution in [0.15, 0.2) is 82.5 Å². The minimum Gasteiger partial charge on any atom is -0.327 e. The third-order valence-corrected chi connectivity index (χ3v) is 6.04. The zero-order valence-electron chi connectivity index (χ0n) is 18.4. The predicted molar refractivity (Wildman–Crippen MR) is 130 cm³/mol. The second-order valence-corrected chi connectivity index (χ2v) is 8.23. The molecule has 2 aromatic heterocycles. The summed E-state index contributed by atoms with van der Waals surface area (Å²) in [6.07, 6.45) is 2.81. The molecule has 1 aliphatic heterocycles. The number of rotatable bonds is 4. The lowest BCUT2D eigenvalue weighted by Gasteiger charge is -2.31. The van der Waals surface area contributed by atoms with Gasteiger partial charge in [-0.15, -0.1) is 5.10 Å². The number of amides is 2. The third-order valence-electron chi connectivity index (χ3n) is 6.04. The Labute approximate surface area is 195 Å². The molecule has 172 valence electrons. The van der Waals surface area contributed by atoms with Crippen LogP contribution in [-0.4, -0.2) is 43.8 Å². The summed E-state index contributed by atoms with van der Waals surface area (Å²) in [4.78, 5) is 44.7. The van der Waals surface area contributed by atoms with Crippen molar-refractivity contribution in [1.82, 2.24) is 24.6 Å². The van der Waals surface area contributed by atoms with Crippen LogP contribution in [-0.2, 0) is 0 Å². The second kappa shape index (κ2) is 9.22. The van der Waals surface area contributed by atoms with Gasteiger partial charge in [0.15, 0.2) is 5.82 Å². The highest BCUT2D eigenvalue weighted by Crippen LogP contribution is 2.23. The number of likely N-dealkylation sites (tertiary alicyclic amines) is 1. The number of nitrogens with zero attached hydrogens (tertiary/aromatic N) is 3. The third kappa shape index (κ3) is 4.40. The summed E-state index contributed by atoms with van der Waals surface area (Å²) in [6, 6.07) is 20.3. The SMILES string of the molecule is O=C(Nc1cc(-c2ccccc2)c[nH]c1=O)N1CCC(n2nc(-c3ccccc3)[nH]c2=O)CC1. The van der Waals surface area contributed by atoms with E-state index in [1.165, 1.54) is 4.68 Å². The Bertz CT molecular complexity index is 1400. The summed E-state index contributed by atoms with van der Waals surface area (Å²) >= 11 is 0. The Morgan fingerprint density at radius 3 is 2.24 bits per heavy atom. The maximum atomic E-state index is 12.8. The number of carbonyl (C=O) groups excluding carboxylic acids is 1. The molecule has 1 aliphatic rings. The monoisotopic (exact) mass is 456 g/mol. The number of carbonyl (C=O) groups is 1. The van der Waals surface area contributed by atoms with E-state index in [4.69, 9.17) is 0 Å². The van der Waals surface area contributed by atoms with Gasteiger partial charge >= 0.3 is 11.7 Å². The molecule has 0 aliphatic carbocycles. The van der Waals surface area contributed by atoms with Gasteiger partial charge in [-0.1, -0.05) is 60.7 Å². The van der Waals surface area contributed by atoms with E-state index in [0.29, 0.717) is 31.8 Å². The van der Waals surface area contributed by atoms with Gasteiger partial charge in [-0.25, -0.2) is 14.3 Å². The summed E-state index contributed by atoms with van der Waals surface area (Å²) in [7, 11) is 0. The van der Waals surface area contributed by atoms with Crippen LogP contribution in [0, 0.1) is 0 Å². The van der Waals surface area contributed by atoms with Crippen molar-refractivity contribution < 1.29 is 4.79 Å². The Kier molecular flexibility index (Phi) is 5.82. The van der Waals surface area contributed by atoms with Gasteiger partial charge in [0.2, 0.25) is 0 Å². The summed E-state index contributed by atoms with van der Waals surface area (Å²) in [5.41, 5.74) is 2.17. The number of anilines is 1. The van der Waals surface area contributed by atoms with Crippen LogP contribution in [0.3, 0.4) is 0 Å². The summed E-state index contributed by atoms with van der Waals surface area (Å²) in [5.74, 6) is 0.531. The molecule has 0 radical (unpaired) electrons. The molecule has 9 nitrogen and oxygen atoms in total. The van der Waals surface area contributed by atoms with Gasteiger partial charge in [0.1, 0.15) is 5.69 Å². The summed E-state index contributed by atoms with van der Waals surface area (Å²) < 4.78 is 1.48. The molecule has 0 unspecified atom stereocenters. The fraction of sp³-hybridized carbons (Fsp3) is 0.200. The highest BCUT2D eigenvalue weighted by atomic mass is 16.2. The van der Waals surface area contributed by atoms with Crippen molar-refractivity contribution in [1.29, 1.82) is 0 Å². The molecule has 3 N–H and O–H groups in total. The van der Waals surface area contributed by atoms with Gasteiger partial charge in [0.25, 0.3) is 5.56 Å². The zero-order valence-corrected chi connectivity index (χ0v) is 18.4. The Balaban J connectivity index is 1.25. The number of aromatic nitrogens is 4. The van der Waals surface area contributed by atoms with Gasteiger partial charge in [0, 0.05) is 30.4 Å². The first-order valence-electron chi connectivity index (χ1n) is 11.2. The fourth-order valence-electron chi connectivity index (χ4n) is 4.19. The second-order valence-electron chi connectivity index (χ2n) is 8.23. The quantitative estimate of drug-likeness (QED) is 0.436. The van der Waals surface area contributed by atoms with Crippen LogP contribution in [0.4, 0.5) is 10.5 Å². The standard InChI is InChI=1S/C25H24N6O3/c32-23-21(15-19(16-26-23)17-7-3-1-4-8-17)27-24(33)30-13-11-20(12-14-30)31-25(34)28-22(29-31)18-9-5-2-6-10-18/h1-10,15-16,20H,11-14H2,(H,26,32)(H,27,33)(H,28,29,34). The molecule has 0 saturated carbocycles. The van der Waals surface area contributed by atoms with Gasteiger partial charge in [-0.2, -0.15) is 0 Å². The maximum Gasteiger partial charge on any atom is 0.343 e. The van der Waals surface area contributed by atoms with E-state index < -0.39 is 0 Å². The molecule has 2 amide bonds. The van der Waals surface area contributed by atoms with E-state index >= 15 is 0 Å². The topological polar surface area (TPSA) is 116 Å². The Morgan fingerprint density at radius 2 is 1.56 bits per heavy atom. The molecule has 9 heteroatoms. The number of nitrogens with one attached hydrogen (secondary N) is 3. The first-order chi connectivity index (χ1) is 16.6. The predicted octanol–water partition coefficient (Wildman–Crippen LogP) is 3.46. The van der Waals surface area contributed by atoms with Crippen molar-refractivity contribution >= 4 is 11.7 Å². The van der Waals surface area contributed by atoms with E-state index in [-0.39, 0.29) is 29.0 Å². The molecule has 1 saturated heterocycles. The average Bonchev–Trinajstić information content (AvgIpc) is 3.28. The smallest absolute Gasteiger partial charge is 0.327 e. The normalized spacial score (nSPS) is 14.2. The van der Waals surface area contributed by atoms with Crippen LogP contribution in [0.25, 0.3) is 22.5 Å². The number of hydrogen-bond donors (Lipinski definition) is 3. The van der Waals surface area contributed by atoms with Crippen molar-refractivity contribution in [3.63, 3.8) is 0 Å². The molecule has 3 heterocycles. The number of urea groups is 1. The van der Waals surface area contributed by atoms with Gasteiger partial charge < -0.3 is 15.2 Å². The fourth-order valence-corrected chi connectivity index (χ4v) is 4.19. The lowest BCUT2D eigenvalue weighted by atomic mass is 10.1. The van der Waals surface area contributed by atoms with Gasteiger partial charge in [0.05, 0.1) is 6.04 Å². The number of aromatic amines is 2. The highest BCUT2D eigenvalue weighted by molar-refractivity contribution is 5.90. The molecule has 1 fully saturated rings. The van der Waals surface area contributed by atoms with E-state index in [9.17, 15) is 14.4 Å². The molecule has 0 spiro atoms. The van der Waals surface area contributed by atoms with Crippen LogP contribution in [0.1, 0.15) is 18.9 Å². The summed E-state index contributed by atoms with van der Waals surface area (Å²) in [6.45, 7) is 0.902. The van der Waals surface area contributed by atoms with Gasteiger partial charge in [-0.05, 0) is 24.5 Å². The number of piperidine rings is 1. The Hall–Kier alpha value is -4.40. The molecule has 2 aromatic carbocycles. The lowest BCUT2D eigenvalue weighted by molar-refractivity contribution is 0.179. The Morgan fingerprint density at radius 1 is 0.912 bits per heavy atom. The van der Waals surface area contributed by atoms with Crippen molar-refractivity contribution in [3.8, 4) is 22.5 Å². The van der Waals surface area contributed by atoms with Crippen molar-refractivity contribution in [3.05, 3.63) is 93.8 Å². The van der Waals surface area contributed by atoms with E-state index in [1.54, 1.807) is 17.2 Å². The average molecular weight is 457 g/mol. The molecular weight excluding hydrogens is 432 g/mol. The molecule has 0 atom stereocenters. The first kappa shape index (κ1) is 21.4. The van der Waals surface area contributed by atoms with Crippen molar-refractivity contribution in [2.24, 2.45) is 0 Å². The van der Waals surface area contributed by atoms with Crippen LogP contribution < -0.4 is 16.6 Å². The molecular formula is C25H24N6O3. The largest absolute Gasteiger partial charge is 0.343 e. The van der Waals surface area contributed by atoms with Crippen LogP contribution in [0.2, 0.25) is 0 Å². The van der Waals surface area contributed by atoms with E-state index in [1.807, 2.05) is 60.7 Å². The van der Waals surface area contributed by atoms with Crippen molar-refractivity contribution in [2.45, 2.75) is 18.9 Å². The number of hydrogen-bond acceptors (Lipinski definition) is 4. The summed E-state index contributed by atoms with van der Waals surface area (Å²) in [5, 5.41) is 7.21. The van der Waals surface area contributed by atoms with Crippen molar-refractivity contribution in [2.75, 3.05) is 18.4 Å². The maximum absolute atomic E-state index is 12.8. The zero-order chi connectivity index (χ0) is 23.5. The van der Waals surface area contributed by atoms with E-state index in [0.717, 1.165) is 16.7 Å². The first-order valence-corrected chi connectivity index (χ1v) is 11.2. The molecule has 0 bridgehead atoms. The number of benzene rings is 2. The van der Waals surface area contributed by atoms with E-state index in [2.05, 4.69) is 20.4 Å². The molecule has 4 aromatic rings.